The SMILES string of the molecule is CC(C)(C)OC(=O)N1CCC(Nc2cnn(COCC[Si](C)(C)C)c2)CC1. The van der Waals surface area contributed by atoms with Crippen LogP contribution in [0, 0.1) is 0 Å². The molecule has 2 heterocycles. The minimum atomic E-state index is -1.05. The Morgan fingerprint density at radius 1 is 1.30 bits per heavy atom. The molecule has 1 aliphatic rings. The van der Waals surface area contributed by atoms with Gasteiger partial charge < -0.3 is 19.7 Å². The molecule has 154 valence electrons. The van der Waals surface area contributed by atoms with Gasteiger partial charge in [-0.2, -0.15) is 5.10 Å². The molecule has 0 bridgehead atoms. The van der Waals surface area contributed by atoms with Crippen molar-refractivity contribution in [3.8, 4) is 0 Å². The van der Waals surface area contributed by atoms with Crippen molar-refractivity contribution in [2.75, 3.05) is 25.0 Å². The Balaban J connectivity index is 1.70. The molecule has 2 rings (SSSR count). The summed E-state index contributed by atoms with van der Waals surface area (Å²) in [6, 6.07) is 1.50. The number of amides is 1. The number of hydrogen-bond acceptors (Lipinski definition) is 5. The topological polar surface area (TPSA) is 68.6 Å². The number of rotatable bonds is 7. The largest absolute Gasteiger partial charge is 0.444 e. The Kier molecular flexibility index (Phi) is 7.33. The first-order valence-electron chi connectivity index (χ1n) is 9.86. The molecule has 27 heavy (non-hydrogen) atoms. The third-order valence-electron chi connectivity index (χ3n) is 4.37. The molecule has 0 unspecified atom stereocenters. The van der Waals surface area contributed by atoms with Gasteiger partial charge in [-0.3, -0.25) is 0 Å². The number of aromatic nitrogens is 2. The van der Waals surface area contributed by atoms with Gasteiger partial charge in [0.15, 0.2) is 0 Å². The Morgan fingerprint density at radius 2 is 1.96 bits per heavy atom. The standard InChI is InChI=1S/C19H36N4O3Si/c1-19(2,3)26-18(24)22-9-7-16(8-10-22)21-17-13-20-23(14-17)15-25-11-12-27(4,5)6/h13-14,16,21H,7-12,15H2,1-6H3. The van der Waals surface area contributed by atoms with Crippen LogP contribution < -0.4 is 5.32 Å². The van der Waals surface area contributed by atoms with Gasteiger partial charge in [-0.25, -0.2) is 9.48 Å². The zero-order valence-electron chi connectivity index (χ0n) is 17.7. The van der Waals surface area contributed by atoms with E-state index in [1.54, 1.807) is 4.90 Å². The second-order valence-corrected chi connectivity index (χ2v) is 15.1. The lowest BCUT2D eigenvalue weighted by Gasteiger charge is -2.33. The monoisotopic (exact) mass is 396 g/mol. The molecule has 0 radical (unpaired) electrons. The molecule has 1 aliphatic heterocycles. The lowest BCUT2D eigenvalue weighted by molar-refractivity contribution is 0.0210. The molecule has 0 atom stereocenters. The fraction of sp³-hybridized carbons (Fsp3) is 0.789. The van der Waals surface area contributed by atoms with E-state index in [9.17, 15) is 4.79 Å². The van der Waals surface area contributed by atoms with E-state index in [4.69, 9.17) is 9.47 Å². The molecule has 1 fully saturated rings. The summed E-state index contributed by atoms with van der Waals surface area (Å²) in [7, 11) is -1.05. The van der Waals surface area contributed by atoms with Crippen molar-refractivity contribution in [3.63, 3.8) is 0 Å². The molecule has 1 amide bonds. The highest BCUT2D eigenvalue weighted by Crippen LogP contribution is 2.18. The molecule has 1 saturated heterocycles. The third kappa shape index (κ3) is 8.34. The van der Waals surface area contributed by atoms with E-state index in [1.165, 1.54) is 0 Å². The summed E-state index contributed by atoms with van der Waals surface area (Å²) < 4.78 is 13.0. The maximum absolute atomic E-state index is 12.1. The van der Waals surface area contributed by atoms with Crippen LogP contribution in [0.5, 0.6) is 0 Å². The van der Waals surface area contributed by atoms with Gasteiger partial charge in [-0.05, 0) is 39.7 Å². The molecule has 1 aromatic heterocycles. The summed E-state index contributed by atoms with van der Waals surface area (Å²) in [5, 5.41) is 7.87. The second kappa shape index (κ2) is 9.10. The Morgan fingerprint density at radius 3 is 2.56 bits per heavy atom. The fourth-order valence-electron chi connectivity index (χ4n) is 2.81. The van der Waals surface area contributed by atoms with Gasteiger partial charge in [0.05, 0.1) is 18.1 Å². The summed E-state index contributed by atoms with van der Waals surface area (Å²) in [5.41, 5.74) is 0.553. The van der Waals surface area contributed by atoms with E-state index in [-0.39, 0.29) is 6.09 Å². The fourth-order valence-corrected chi connectivity index (χ4v) is 3.57. The molecule has 7 nitrogen and oxygen atoms in total. The Labute approximate surface area is 164 Å². The van der Waals surface area contributed by atoms with Gasteiger partial charge in [-0.1, -0.05) is 19.6 Å². The van der Waals surface area contributed by atoms with Crippen molar-refractivity contribution in [3.05, 3.63) is 12.4 Å². The highest BCUT2D eigenvalue weighted by molar-refractivity contribution is 6.76. The van der Waals surface area contributed by atoms with Gasteiger partial charge in [0, 0.05) is 33.8 Å². The quantitative estimate of drug-likeness (QED) is 0.557. The summed E-state index contributed by atoms with van der Waals surface area (Å²) in [4.78, 5) is 13.9. The van der Waals surface area contributed by atoms with E-state index in [2.05, 4.69) is 30.1 Å². The molecular formula is C19H36N4O3Si. The van der Waals surface area contributed by atoms with Crippen molar-refractivity contribution in [1.29, 1.82) is 0 Å². The molecule has 0 aromatic carbocycles. The highest BCUT2D eigenvalue weighted by Gasteiger charge is 2.26. The van der Waals surface area contributed by atoms with Crippen LogP contribution in [0.25, 0.3) is 0 Å². The van der Waals surface area contributed by atoms with E-state index in [1.807, 2.05) is 37.8 Å². The smallest absolute Gasteiger partial charge is 0.410 e. The van der Waals surface area contributed by atoms with Crippen LogP contribution in [0.1, 0.15) is 33.6 Å². The number of carbonyl (C=O) groups excluding carboxylic acids is 1. The molecule has 1 N–H and O–H groups in total. The van der Waals surface area contributed by atoms with Crippen LogP contribution in [0.4, 0.5) is 10.5 Å². The maximum Gasteiger partial charge on any atom is 0.410 e. The predicted octanol–water partition coefficient (Wildman–Crippen LogP) is 4.01. The number of nitrogens with zero attached hydrogens (tertiary/aromatic N) is 3. The van der Waals surface area contributed by atoms with Crippen molar-refractivity contribution >= 4 is 19.9 Å². The zero-order chi connectivity index (χ0) is 20.1. The van der Waals surface area contributed by atoms with E-state index in [0.29, 0.717) is 25.9 Å². The average Bonchev–Trinajstić information content (AvgIpc) is 2.97. The van der Waals surface area contributed by atoms with Crippen molar-refractivity contribution in [2.45, 2.75) is 77.7 Å². The first-order valence-corrected chi connectivity index (χ1v) is 13.6. The Bertz CT molecular complexity index is 599. The zero-order valence-corrected chi connectivity index (χ0v) is 18.7. The number of nitrogens with one attached hydrogen (secondary N) is 1. The second-order valence-electron chi connectivity index (χ2n) is 9.50. The number of ether oxygens (including phenoxy) is 2. The predicted molar refractivity (Wildman–Crippen MR) is 111 cm³/mol. The van der Waals surface area contributed by atoms with E-state index < -0.39 is 13.7 Å². The number of hydrogen-bond donors (Lipinski definition) is 1. The number of carbonyl (C=O) groups is 1. The van der Waals surface area contributed by atoms with Crippen LogP contribution in [0.15, 0.2) is 12.4 Å². The summed E-state index contributed by atoms with van der Waals surface area (Å²) >= 11 is 0. The summed E-state index contributed by atoms with van der Waals surface area (Å²) in [5.74, 6) is 0. The molecule has 0 aliphatic carbocycles. The van der Waals surface area contributed by atoms with Gasteiger partial charge in [0.2, 0.25) is 0 Å². The average molecular weight is 397 g/mol. The van der Waals surface area contributed by atoms with Gasteiger partial charge in [-0.15, -0.1) is 0 Å². The maximum atomic E-state index is 12.1. The third-order valence-corrected chi connectivity index (χ3v) is 6.07. The number of piperidine rings is 1. The minimum absolute atomic E-state index is 0.218. The summed E-state index contributed by atoms with van der Waals surface area (Å²) in [6.07, 6.45) is 5.40. The normalized spacial score (nSPS) is 16.4. The first-order chi connectivity index (χ1) is 12.5. The van der Waals surface area contributed by atoms with Crippen LogP contribution in [-0.2, 0) is 16.2 Å². The number of anilines is 1. The lowest BCUT2D eigenvalue weighted by Crippen LogP contribution is -2.44. The first kappa shape index (κ1) is 21.8. The van der Waals surface area contributed by atoms with Gasteiger partial charge in [0.1, 0.15) is 12.3 Å². The molecule has 0 saturated carbocycles. The summed E-state index contributed by atoms with van der Waals surface area (Å²) in [6.45, 7) is 15.4. The van der Waals surface area contributed by atoms with Crippen molar-refractivity contribution < 1.29 is 14.3 Å². The number of likely N-dealkylation sites (tertiary alicyclic amines) is 1. The van der Waals surface area contributed by atoms with E-state index >= 15 is 0 Å². The lowest BCUT2D eigenvalue weighted by atomic mass is 10.1. The van der Waals surface area contributed by atoms with Crippen molar-refractivity contribution in [1.82, 2.24) is 14.7 Å². The molecule has 8 heteroatoms. The van der Waals surface area contributed by atoms with Crippen LogP contribution in [0.2, 0.25) is 25.7 Å². The molecule has 1 aromatic rings. The molecular weight excluding hydrogens is 360 g/mol. The van der Waals surface area contributed by atoms with Crippen LogP contribution in [0.3, 0.4) is 0 Å². The van der Waals surface area contributed by atoms with Crippen LogP contribution in [-0.4, -0.2) is 60.2 Å². The van der Waals surface area contributed by atoms with Crippen molar-refractivity contribution in [2.24, 2.45) is 0 Å². The minimum Gasteiger partial charge on any atom is -0.444 e. The molecule has 0 spiro atoms. The van der Waals surface area contributed by atoms with E-state index in [0.717, 1.165) is 31.2 Å². The highest BCUT2D eigenvalue weighted by atomic mass is 28.3. The Hall–Kier alpha value is -1.54. The van der Waals surface area contributed by atoms with Gasteiger partial charge in [0.25, 0.3) is 0 Å². The van der Waals surface area contributed by atoms with Gasteiger partial charge >= 0.3 is 6.09 Å². The van der Waals surface area contributed by atoms with Crippen LogP contribution >= 0.6 is 0 Å².